The maximum absolute atomic E-state index is 13.9. The number of rotatable bonds is 6. The Morgan fingerprint density at radius 1 is 1.18 bits per heavy atom. The second-order valence-electron chi connectivity index (χ2n) is 12.9. The summed E-state index contributed by atoms with van der Waals surface area (Å²) in [6.45, 7) is 9.46. The minimum Gasteiger partial charge on any atom is -0.618 e. The molecular formula is C36H35ClF3N7O3. The maximum atomic E-state index is 13.9. The number of amides is 1. The first-order chi connectivity index (χ1) is 23.6. The third kappa shape index (κ3) is 6.90. The van der Waals surface area contributed by atoms with E-state index >= 15 is 0 Å². The number of alkyl halides is 3. The smallest absolute Gasteiger partial charge is 0.419 e. The van der Waals surface area contributed by atoms with Gasteiger partial charge in [-0.05, 0) is 68.8 Å². The number of hydrogen-bond acceptors (Lipinski definition) is 6. The van der Waals surface area contributed by atoms with E-state index in [-0.39, 0.29) is 5.91 Å². The third-order valence-corrected chi connectivity index (χ3v) is 9.16. The molecule has 10 nitrogen and oxygen atoms in total. The fourth-order valence-electron chi connectivity index (χ4n) is 6.09. The van der Waals surface area contributed by atoms with E-state index in [1.54, 1.807) is 36.4 Å². The molecule has 6 rings (SSSR count). The average Bonchev–Trinajstić information content (AvgIpc) is 3.71. The van der Waals surface area contributed by atoms with Crippen LogP contribution in [-0.4, -0.2) is 32.8 Å². The van der Waals surface area contributed by atoms with Gasteiger partial charge in [0.25, 0.3) is 0 Å². The molecular weight excluding hydrogens is 671 g/mol. The summed E-state index contributed by atoms with van der Waals surface area (Å²) in [6.07, 6.45) is 0.0857. The maximum Gasteiger partial charge on any atom is 0.419 e. The lowest BCUT2D eigenvalue weighted by atomic mass is 9.83. The largest absolute Gasteiger partial charge is 0.618 e. The molecule has 0 radical (unpaired) electrons. The van der Waals surface area contributed by atoms with Gasteiger partial charge in [0, 0.05) is 50.8 Å². The van der Waals surface area contributed by atoms with Crippen LogP contribution in [0.3, 0.4) is 0 Å². The summed E-state index contributed by atoms with van der Waals surface area (Å²) >= 11 is 6.31. The summed E-state index contributed by atoms with van der Waals surface area (Å²) in [4.78, 5) is 22.0. The number of fused-ring (bicyclic) bond motifs is 4. The molecule has 50 heavy (non-hydrogen) atoms. The number of imidazole rings is 1. The van der Waals surface area contributed by atoms with Gasteiger partial charge < -0.3 is 25.6 Å². The summed E-state index contributed by atoms with van der Waals surface area (Å²) in [5, 5.41) is 24.3. The topological polar surface area (TPSA) is 124 Å². The van der Waals surface area contributed by atoms with Crippen LogP contribution in [0.15, 0.2) is 79.6 Å². The van der Waals surface area contributed by atoms with Crippen molar-refractivity contribution in [1.82, 2.24) is 19.7 Å². The van der Waals surface area contributed by atoms with Crippen molar-refractivity contribution in [3.8, 4) is 28.1 Å². The van der Waals surface area contributed by atoms with Crippen LogP contribution in [0.1, 0.15) is 61.8 Å². The minimum atomic E-state index is -4.57. The van der Waals surface area contributed by atoms with E-state index in [0.717, 1.165) is 27.5 Å². The molecule has 1 amide bonds. The van der Waals surface area contributed by atoms with E-state index in [1.807, 2.05) is 32.9 Å². The van der Waals surface area contributed by atoms with Crippen molar-refractivity contribution in [3.63, 3.8) is 0 Å². The predicted octanol–water partition coefficient (Wildman–Crippen LogP) is 8.35. The predicted molar refractivity (Wildman–Crippen MR) is 185 cm³/mol. The van der Waals surface area contributed by atoms with Crippen molar-refractivity contribution in [2.75, 3.05) is 17.7 Å². The Labute approximate surface area is 291 Å². The second-order valence-corrected chi connectivity index (χ2v) is 13.3. The lowest BCUT2D eigenvalue weighted by Crippen LogP contribution is -2.34. The van der Waals surface area contributed by atoms with Gasteiger partial charge in [-0.15, -0.1) is 0 Å². The van der Waals surface area contributed by atoms with Crippen molar-refractivity contribution in [1.29, 1.82) is 0 Å². The fourth-order valence-corrected chi connectivity index (χ4v) is 6.27. The zero-order valence-corrected chi connectivity index (χ0v) is 28.5. The van der Waals surface area contributed by atoms with Crippen molar-refractivity contribution < 1.29 is 27.4 Å². The standard InChI is InChI=1S/C36H35ClF3N7O3/c1-20-32-26-11-10-25(43-21(2)50-5)16-29(26)44-34(48)35(3,4)14-6-7-27(33(42-20)45-32)31-12-8-22(18-47(31)49)28-15-24(37)9-13-30(28)46-19-23(17-41-46)36(38,39)40/h8-13,15-19,27,43H,2,6-7,14H2,1,3-5H3,(H,42,45)(H,44,48)/t27-/m1/s1. The minimum absolute atomic E-state index is 0.160. The number of H-pyrrole nitrogens is 1. The highest BCUT2D eigenvalue weighted by Crippen LogP contribution is 2.39. The van der Waals surface area contributed by atoms with Crippen LogP contribution in [0.4, 0.5) is 24.5 Å². The average molecular weight is 706 g/mol. The molecule has 2 aromatic carbocycles. The number of anilines is 2. The summed E-state index contributed by atoms with van der Waals surface area (Å²) in [5.41, 5.74) is 3.21. The first-order valence-corrected chi connectivity index (χ1v) is 16.2. The highest BCUT2D eigenvalue weighted by Gasteiger charge is 2.34. The number of nitrogens with zero attached hydrogens (tertiary/aromatic N) is 4. The Kier molecular flexibility index (Phi) is 9.12. The molecule has 3 aromatic heterocycles. The fraction of sp³-hybridized carbons (Fsp3) is 0.278. The van der Waals surface area contributed by atoms with E-state index < -0.39 is 23.1 Å². The monoisotopic (exact) mass is 705 g/mol. The molecule has 0 saturated carbocycles. The summed E-state index contributed by atoms with van der Waals surface area (Å²) in [5.74, 6) is 0.291. The van der Waals surface area contributed by atoms with Gasteiger partial charge in [-0.2, -0.15) is 23.0 Å². The second kappa shape index (κ2) is 13.2. The Morgan fingerprint density at radius 3 is 2.66 bits per heavy atom. The first kappa shape index (κ1) is 34.6. The van der Waals surface area contributed by atoms with E-state index in [4.69, 9.17) is 21.3 Å². The molecule has 4 heterocycles. The Hall–Kier alpha value is -5.30. The molecule has 2 bridgehead atoms. The highest BCUT2D eigenvalue weighted by atomic mass is 35.5. The number of benzene rings is 2. The SMILES string of the molecule is C=C(Nc1ccc2c(c1)NC(=O)C(C)(C)CCC[C@H](c1ccc(-c3cc(Cl)ccc3-n3cc(C(F)(F)F)cn3)c[n+]1[O-])c1nc-2c(C)[nH]1)OC. The van der Waals surface area contributed by atoms with Crippen LogP contribution >= 0.6 is 11.6 Å². The van der Waals surface area contributed by atoms with Crippen LogP contribution in [0.2, 0.25) is 5.02 Å². The van der Waals surface area contributed by atoms with Crippen molar-refractivity contribution >= 4 is 28.9 Å². The molecule has 0 saturated heterocycles. The van der Waals surface area contributed by atoms with Gasteiger partial charge in [-0.3, -0.25) is 4.79 Å². The number of ether oxygens (including phenoxy) is 1. The van der Waals surface area contributed by atoms with Gasteiger partial charge in [-0.25, -0.2) is 9.67 Å². The van der Waals surface area contributed by atoms with Crippen molar-refractivity contribution in [3.05, 3.63) is 113 Å². The number of carbonyl (C=O) groups excluding carboxylic acids is 1. The molecule has 1 atom stereocenters. The van der Waals surface area contributed by atoms with Crippen molar-refractivity contribution in [2.24, 2.45) is 5.41 Å². The molecule has 3 N–H and O–H groups in total. The number of pyridine rings is 1. The van der Waals surface area contributed by atoms with Crippen LogP contribution < -0.4 is 15.4 Å². The summed E-state index contributed by atoms with van der Waals surface area (Å²) < 4.78 is 47.1. The van der Waals surface area contributed by atoms with Crippen molar-refractivity contribution in [2.45, 2.75) is 52.1 Å². The number of aryl methyl sites for hydroxylation is 1. The Morgan fingerprint density at radius 2 is 1.96 bits per heavy atom. The molecule has 5 aromatic rings. The van der Waals surface area contributed by atoms with Crippen LogP contribution in [0.25, 0.3) is 28.1 Å². The van der Waals surface area contributed by atoms with Gasteiger partial charge in [0.05, 0.1) is 35.9 Å². The molecule has 0 fully saturated rings. The first-order valence-electron chi connectivity index (χ1n) is 15.8. The molecule has 1 aliphatic rings. The van der Waals surface area contributed by atoms with E-state index in [0.29, 0.717) is 81.1 Å². The van der Waals surface area contributed by atoms with Crippen LogP contribution in [0, 0.1) is 17.5 Å². The number of hydrogen-bond donors (Lipinski definition) is 3. The number of halogens is 4. The van der Waals surface area contributed by atoms with Crippen LogP contribution in [-0.2, 0) is 15.7 Å². The lowest BCUT2D eigenvalue weighted by molar-refractivity contribution is -0.614. The highest BCUT2D eigenvalue weighted by molar-refractivity contribution is 6.31. The number of nitrogens with one attached hydrogen (secondary N) is 3. The number of aromatic amines is 1. The van der Waals surface area contributed by atoms with Crippen LogP contribution in [0.5, 0.6) is 0 Å². The molecule has 1 aliphatic heterocycles. The van der Waals surface area contributed by atoms with Gasteiger partial charge in [0.15, 0.2) is 12.1 Å². The molecule has 0 spiro atoms. The molecule has 260 valence electrons. The Balaban J connectivity index is 1.42. The number of aromatic nitrogens is 5. The van der Waals surface area contributed by atoms with Gasteiger partial charge in [0.2, 0.25) is 11.6 Å². The number of carbonyl (C=O) groups is 1. The third-order valence-electron chi connectivity index (χ3n) is 8.92. The van der Waals surface area contributed by atoms with E-state index in [9.17, 15) is 23.2 Å². The number of methoxy groups -OCH3 is 1. The van der Waals surface area contributed by atoms with Gasteiger partial charge in [-0.1, -0.05) is 31.9 Å². The Bertz CT molecular complexity index is 2100. The normalized spacial score (nSPS) is 16.1. The quantitative estimate of drug-likeness (QED) is 0.0927. The summed E-state index contributed by atoms with van der Waals surface area (Å²) in [7, 11) is 1.50. The summed E-state index contributed by atoms with van der Waals surface area (Å²) in [6, 6.07) is 13.6. The van der Waals surface area contributed by atoms with E-state index in [2.05, 4.69) is 27.3 Å². The van der Waals surface area contributed by atoms with E-state index in [1.165, 1.54) is 13.3 Å². The molecule has 0 aliphatic carbocycles. The van der Waals surface area contributed by atoms with Gasteiger partial charge >= 0.3 is 6.18 Å². The zero-order chi connectivity index (χ0) is 36.0. The molecule has 0 unspecified atom stereocenters. The zero-order valence-electron chi connectivity index (χ0n) is 27.8. The van der Waals surface area contributed by atoms with Gasteiger partial charge in [0.1, 0.15) is 11.7 Å². The molecule has 14 heteroatoms. The lowest BCUT2D eigenvalue weighted by Gasteiger charge is -2.26.